The van der Waals surface area contributed by atoms with E-state index in [-0.39, 0.29) is 6.04 Å². The molecule has 2 atom stereocenters. The Morgan fingerprint density at radius 2 is 1.81 bits per heavy atom. The zero-order valence-corrected chi connectivity index (χ0v) is 13.6. The zero-order valence-electron chi connectivity index (χ0n) is 13.6. The molecule has 0 aromatic heterocycles. The highest BCUT2D eigenvalue weighted by Gasteiger charge is 2.21. The van der Waals surface area contributed by atoms with Gasteiger partial charge in [-0.15, -0.1) is 0 Å². The molecular weight excluding hydrogens is 262 g/mol. The van der Waals surface area contributed by atoms with Crippen LogP contribution in [0.1, 0.15) is 64.0 Å². The summed E-state index contributed by atoms with van der Waals surface area (Å²) in [6.45, 7) is 4.39. The molecule has 1 saturated carbocycles. The van der Waals surface area contributed by atoms with Crippen molar-refractivity contribution in [1.29, 1.82) is 0 Å². The van der Waals surface area contributed by atoms with E-state index in [0.29, 0.717) is 11.8 Å². The largest absolute Gasteiger partial charge is 0.508 e. The Bertz CT molecular complexity index is 439. The summed E-state index contributed by atoms with van der Waals surface area (Å²) >= 11 is 0. The Hall–Kier alpha value is -1.22. The number of ether oxygens (including phenoxy) is 1. The van der Waals surface area contributed by atoms with Crippen LogP contribution in [0, 0.1) is 5.92 Å². The Morgan fingerprint density at radius 3 is 2.43 bits per heavy atom. The molecule has 1 unspecified atom stereocenters. The number of phenolic OH excluding ortho intramolecular Hbond substituents is 1. The standard InChI is InChI=1S/C18H29NO2/c1-13(15-8-6-4-5-7-9-15)19-14(2)17-12-16(21-3)10-11-18(17)20/h10-15,19-20H,4-9H2,1-3H3/t13-,14?/m1/s1. The Morgan fingerprint density at radius 1 is 1.14 bits per heavy atom. The lowest BCUT2D eigenvalue weighted by Crippen LogP contribution is -2.35. The van der Waals surface area contributed by atoms with Crippen LogP contribution >= 0.6 is 0 Å². The van der Waals surface area contributed by atoms with Gasteiger partial charge >= 0.3 is 0 Å². The second kappa shape index (κ2) is 7.69. The lowest BCUT2D eigenvalue weighted by atomic mass is 9.92. The summed E-state index contributed by atoms with van der Waals surface area (Å²) in [5.74, 6) is 1.88. The van der Waals surface area contributed by atoms with Gasteiger partial charge in [0, 0.05) is 17.6 Å². The fraction of sp³-hybridized carbons (Fsp3) is 0.667. The summed E-state index contributed by atoms with van der Waals surface area (Å²) in [4.78, 5) is 0. The molecule has 1 fully saturated rings. The van der Waals surface area contributed by atoms with Crippen LogP contribution in [0.5, 0.6) is 11.5 Å². The Labute approximate surface area is 128 Å². The fourth-order valence-corrected chi connectivity index (χ4v) is 3.44. The van der Waals surface area contributed by atoms with Crippen molar-refractivity contribution in [3.63, 3.8) is 0 Å². The summed E-state index contributed by atoms with van der Waals surface area (Å²) < 4.78 is 5.26. The molecule has 1 aliphatic carbocycles. The van der Waals surface area contributed by atoms with Crippen molar-refractivity contribution in [2.24, 2.45) is 5.92 Å². The number of rotatable bonds is 5. The third-order valence-electron chi connectivity index (χ3n) is 4.82. The second-order valence-corrected chi connectivity index (χ2v) is 6.35. The van der Waals surface area contributed by atoms with E-state index in [4.69, 9.17) is 4.74 Å². The number of methoxy groups -OCH3 is 1. The van der Waals surface area contributed by atoms with E-state index in [1.54, 1.807) is 19.2 Å². The van der Waals surface area contributed by atoms with E-state index in [1.807, 2.05) is 6.07 Å². The third-order valence-corrected chi connectivity index (χ3v) is 4.82. The molecule has 1 aromatic rings. The average Bonchev–Trinajstić information content (AvgIpc) is 2.76. The quantitative estimate of drug-likeness (QED) is 0.790. The van der Waals surface area contributed by atoms with Gasteiger partial charge in [-0.1, -0.05) is 25.7 Å². The van der Waals surface area contributed by atoms with Gasteiger partial charge in [-0.25, -0.2) is 0 Å². The van der Waals surface area contributed by atoms with Crippen LogP contribution in [-0.4, -0.2) is 18.3 Å². The molecule has 3 heteroatoms. The maximum absolute atomic E-state index is 10.1. The van der Waals surface area contributed by atoms with Crippen LogP contribution in [0.15, 0.2) is 18.2 Å². The van der Waals surface area contributed by atoms with Crippen LogP contribution in [0.3, 0.4) is 0 Å². The third kappa shape index (κ3) is 4.37. The topological polar surface area (TPSA) is 41.5 Å². The molecule has 0 bridgehead atoms. The van der Waals surface area contributed by atoms with E-state index in [9.17, 15) is 5.11 Å². The van der Waals surface area contributed by atoms with Gasteiger partial charge in [0.25, 0.3) is 0 Å². The minimum absolute atomic E-state index is 0.123. The lowest BCUT2D eigenvalue weighted by molar-refractivity contribution is 0.313. The van der Waals surface area contributed by atoms with Crippen molar-refractivity contribution < 1.29 is 9.84 Å². The van der Waals surface area contributed by atoms with E-state index in [0.717, 1.165) is 17.2 Å². The molecule has 0 saturated heterocycles. The van der Waals surface area contributed by atoms with Crippen molar-refractivity contribution in [2.75, 3.05) is 7.11 Å². The zero-order chi connectivity index (χ0) is 15.2. The van der Waals surface area contributed by atoms with Gasteiger partial charge in [-0.05, 0) is 50.8 Å². The summed E-state index contributed by atoms with van der Waals surface area (Å²) in [6.07, 6.45) is 8.13. The van der Waals surface area contributed by atoms with Gasteiger partial charge in [0.1, 0.15) is 11.5 Å². The molecule has 0 aliphatic heterocycles. The van der Waals surface area contributed by atoms with Crippen LogP contribution < -0.4 is 10.1 Å². The highest BCUT2D eigenvalue weighted by molar-refractivity contribution is 5.41. The Kier molecular flexibility index (Phi) is 5.92. The molecular formula is C18H29NO2. The number of nitrogens with one attached hydrogen (secondary N) is 1. The van der Waals surface area contributed by atoms with E-state index >= 15 is 0 Å². The lowest BCUT2D eigenvalue weighted by Gasteiger charge is -2.27. The average molecular weight is 291 g/mol. The molecule has 0 heterocycles. The summed E-state index contributed by atoms with van der Waals surface area (Å²) in [5, 5.41) is 13.7. The summed E-state index contributed by atoms with van der Waals surface area (Å²) in [7, 11) is 1.66. The molecule has 21 heavy (non-hydrogen) atoms. The van der Waals surface area contributed by atoms with Gasteiger partial charge < -0.3 is 15.2 Å². The first-order valence-electron chi connectivity index (χ1n) is 8.24. The van der Waals surface area contributed by atoms with E-state index in [2.05, 4.69) is 19.2 Å². The molecule has 0 radical (unpaired) electrons. The maximum Gasteiger partial charge on any atom is 0.120 e. The highest BCUT2D eigenvalue weighted by Crippen LogP contribution is 2.31. The minimum atomic E-state index is 0.123. The van der Waals surface area contributed by atoms with E-state index in [1.165, 1.54) is 38.5 Å². The summed E-state index contributed by atoms with van der Waals surface area (Å²) in [6, 6.07) is 6.03. The molecule has 2 rings (SSSR count). The SMILES string of the molecule is COc1ccc(O)c(C(C)N[C@H](C)C2CCCCCC2)c1. The van der Waals surface area contributed by atoms with Gasteiger partial charge in [0.2, 0.25) is 0 Å². The number of aromatic hydroxyl groups is 1. The predicted octanol–water partition coefficient (Wildman–Crippen LogP) is 4.41. The number of benzene rings is 1. The number of hydrogen-bond acceptors (Lipinski definition) is 3. The van der Waals surface area contributed by atoms with Crippen LogP contribution in [0.4, 0.5) is 0 Å². The maximum atomic E-state index is 10.1. The van der Waals surface area contributed by atoms with Crippen LogP contribution in [0.2, 0.25) is 0 Å². The van der Waals surface area contributed by atoms with Crippen molar-refractivity contribution in [3.8, 4) is 11.5 Å². The first-order valence-corrected chi connectivity index (χ1v) is 8.24. The van der Waals surface area contributed by atoms with Gasteiger partial charge in [-0.2, -0.15) is 0 Å². The smallest absolute Gasteiger partial charge is 0.120 e. The highest BCUT2D eigenvalue weighted by atomic mass is 16.5. The van der Waals surface area contributed by atoms with Crippen molar-refractivity contribution in [1.82, 2.24) is 5.32 Å². The second-order valence-electron chi connectivity index (χ2n) is 6.35. The van der Waals surface area contributed by atoms with Crippen LogP contribution in [0.25, 0.3) is 0 Å². The fourth-order valence-electron chi connectivity index (χ4n) is 3.44. The first kappa shape index (κ1) is 16.2. The number of phenols is 1. The van der Waals surface area contributed by atoms with Crippen molar-refractivity contribution >= 4 is 0 Å². The first-order chi connectivity index (χ1) is 10.1. The van der Waals surface area contributed by atoms with Gasteiger partial charge in [0.05, 0.1) is 7.11 Å². The Balaban J connectivity index is 2.01. The van der Waals surface area contributed by atoms with Crippen LogP contribution in [-0.2, 0) is 0 Å². The summed E-state index contributed by atoms with van der Waals surface area (Å²) in [5.41, 5.74) is 0.912. The minimum Gasteiger partial charge on any atom is -0.508 e. The van der Waals surface area contributed by atoms with Crippen molar-refractivity contribution in [2.45, 2.75) is 64.5 Å². The van der Waals surface area contributed by atoms with E-state index < -0.39 is 0 Å². The number of hydrogen-bond donors (Lipinski definition) is 2. The molecule has 1 aliphatic rings. The molecule has 0 spiro atoms. The molecule has 1 aromatic carbocycles. The monoisotopic (exact) mass is 291 g/mol. The normalized spacial score (nSPS) is 19.8. The predicted molar refractivity (Wildman–Crippen MR) is 86.9 cm³/mol. The molecule has 118 valence electrons. The van der Waals surface area contributed by atoms with Gasteiger partial charge in [0.15, 0.2) is 0 Å². The van der Waals surface area contributed by atoms with Crippen molar-refractivity contribution in [3.05, 3.63) is 23.8 Å². The molecule has 2 N–H and O–H groups in total. The van der Waals surface area contributed by atoms with Gasteiger partial charge in [-0.3, -0.25) is 0 Å². The molecule has 3 nitrogen and oxygen atoms in total. The molecule has 0 amide bonds.